The molecule has 0 spiro atoms. The van der Waals surface area contributed by atoms with E-state index in [9.17, 15) is 13.2 Å². The molecule has 1 unspecified atom stereocenters. The average Bonchev–Trinajstić information content (AvgIpc) is 2.37. The van der Waals surface area contributed by atoms with Crippen LogP contribution in [0.15, 0.2) is 41.3 Å². The fraction of sp³-hybridized carbons (Fsp3) is 0.143. The van der Waals surface area contributed by atoms with E-state index in [1.165, 1.54) is 11.8 Å². The molecule has 100 valence electrons. The zero-order valence-corrected chi connectivity index (χ0v) is 11.5. The molecule has 2 rings (SSSR count). The lowest BCUT2D eigenvalue weighted by atomic mass is 10.0. The summed E-state index contributed by atoms with van der Waals surface area (Å²) in [7, 11) is 0. The number of thioether (sulfide) groups is 1. The van der Waals surface area contributed by atoms with Crippen LogP contribution in [0.4, 0.5) is 13.2 Å². The molecule has 0 aliphatic rings. The number of hydrogen-bond donors (Lipinski definition) is 0. The highest BCUT2D eigenvalue weighted by atomic mass is 35.5. The van der Waals surface area contributed by atoms with Gasteiger partial charge in [0.05, 0.1) is 5.38 Å². The highest BCUT2D eigenvalue weighted by Gasteiger charge is 2.22. The topological polar surface area (TPSA) is 0 Å². The molecule has 2 aromatic carbocycles. The van der Waals surface area contributed by atoms with Crippen LogP contribution in [0, 0.1) is 17.5 Å². The number of rotatable bonds is 3. The van der Waals surface area contributed by atoms with E-state index in [1.54, 1.807) is 12.1 Å². The molecule has 0 aliphatic carbocycles. The molecule has 0 aromatic heterocycles. The van der Waals surface area contributed by atoms with Gasteiger partial charge in [-0.15, -0.1) is 23.4 Å². The third-order valence-corrected chi connectivity index (χ3v) is 3.97. The number of alkyl halides is 1. The van der Waals surface area contributed by atoms with Crippen LogP contribution < -0.4 is 0 Å². The monoisotopic (exact) mass is 302 g/mol. The quantitative estimate of drug-likeness (QED) is 0.558. The molecule has 19 heavy (non-hydrogen) atoms. The smallest absolute Gasteiger partial charge is 0.134 e. The maximum Gasteiger partial charge on any atom is 0.134 e. The van der Waals surface area contributed by atoms with Gasteiger partial charge in [-0.2, -0.15) is 0 Å². The van der Waals surface area contributed by atoms with Gasteiger partial charge in [-0.3, -0.25) is 0 Å². The molecular weight excluding hydrogens is 293 g/mol. The molecule has 0 aliphatic heterocycles. The van der Waals surface area contributed by atoms with Crippen LogP contribution >= 0.6 is 23.4 Å². The van der Waals surface area contributed by atoms with Gasteiger partial charge in [0.25, 0.3) is 0 Å². The molecule has 0 N–H and O–H groups in total. The van der Waals surface area contributed by atoms with Gasteiger partial charge < -0.3 is 0 Å². The lowest BCUT2D eigenvalue weighted by Crippen LogP contribution is -2.03. The first kappa shape index (κ1) is 14.3. The minimum atomic E-state index is -0.996. The van der Waals surface area contributed by atoms with Crippen LogP contribution in [-0.2, 0) is 0 Å². The summed E-state index contributed by atoms with van der Waals surface area (Å²) in [5.41, 5.74) is 0.269. The Bertz CT molecular complexity index is 578. The third kappa shape index (κ3) is 2.90. The Kier molecular flexibility index (Phi) is 4.42. The van der Waals surface area contributed by atoms with Crippen molar-refractivity contribution in [2.45, 2.75) is 10.3 Å². The maximum absolute atomic E-state index is 13.7. The Morgan fingerprint density at radius 3 is 2.21 bits per heavy atom. The van der Waals surface area contributed by atoms with E-state index in [4.69, 9.17) is 11.6 Å². The van der Waals surface area contributed by atoms with Gasteiger partial charge in [-0.1, -0.05) is 18.2 Å². The molecule has 1 atom stereocenters. The van der Waals surface area contributed by atoms with Gasteiger partial charge in [-0.05, 0) is 17.9 Å². The van der Waals surface area contributed by atoms with Crippen molar-refractivity contribution in [1.82, 2.24) is 0 Å². The average molecular weight is 303 g/mol. The van der Waals surface area contributed by atoms with Crippen molar-refractivity contribution in [2.24, 2.45) is 0 Å². The van der Waals surface area contributed by atoms with Crippen molar-refractivity contribution in [3.63, 3.8) is 0 Å². The lowest BCUT2D eigenvalue weighted by Gasteiger charge is -2.15. The molecule has 5 heteroatoms. The first-order chi connectivity index (χ1) is 9.04. The summed E-state index contributed by atoms with van der Waals surface area (Å²) in [5, 5.41) is -0.996. The van der Waals surface area contributed by atoms with Crippen molar-refractivity contribution in [1.29, 1.82) is 0 Å². The Balaban J connectivity index is 2.53. The summed E-state index contributed by atoms with van der Waals surface area (Å²) in [6.45, 7) is 0. The van der Waals surface area contributed by atoms with Crippen LogP contribution in [0.25, 0.3) is 0 Å². The Morgan fingerprint density at radius 2 is 1.63 bits per heavy atom. The van der Waals surface area contributed by atoms with Gasteiger partial charge >= 0.3 is 0 Å². The summed E-state index contributed by atoms with van der Waals surface area (Å²) >= 11 is 7.59. The summed E-state index contributed by atoms with van der Waals surface area (Å²) in [6, 6.07) is 8.34. The zero-order valence-electron chi connectivity index (χ0n) is 9.96. The zero-order chi connectivity index (χ0) is 14.0. The largest absolute Gasteiger partial charge is 0.207 e. The molecule has 0 heterocycles. The van der Waals surface area contributed by atoms with Gasteiger partial charge in [-0.25, -0.2) is 13.2 Å². The predicted octanol–water partition coefficient (Wildman–Crippen LogP) is 5.15. The molecule has 0 radical (unpaired) electrons. The second-order valence-corrected chi connectivity index (χ2v) is 5.17. The van der Waals surface area contributed by atoms with Crippen molar-refractivity contribution in [3.8, 4) is 0 Å². The number of halogens is 4. The van der Waals surface area contributed by atoms with Gasteiger partial charge in [0.2, 0.25) is 0 Å². The summed E-state index contributed by atoms with van der Waals surface area (Å²) in [6.07, 6.45) is 1.85. The highest BCUT2D eigenvalue weighted by molar-refractivity contribution is 7.98. The Hall–Kier alpha value is -1.13. The van der Waals surface area contributed by atoms with Crippen molar-refractivity contribution >= 4 is 23.4 Å². The van der Waals surface area contributed by atoms with Crippen LogP contribution in [0.2, 0.25) is 0 Å². The first-order valence-electron chi connectivity index (χ1n) is 5.46. The second kappa shape index (κ2) is 5.88. The molecule has 0 saturated heterocycles. The Labute approximate surface area is 118 Å². The summed E-state index contributed by atoms with van der Waals surface area (Å²) in [5.74, 6) is -2.91. The second-order valence-electron chi connectivity index (χ2n) is 3.89. The first-order valence-corrected chi connectivity index (χ1v) is 7.12. The molecule has 0 nitrogen and oxygen atoms in total. The lowest BCUT2D eigenvalue weighted by molar-refractivity contribution is 0.525. The minimum Gasteiger partial charge on any atom is -0.207 e. The van der Waals surface area contributed by atoms with E-state index < -0.39 is 22.8 Å². The molecular formula is C14H10ClF3S. The summed E-state index contributed by atoms with van der Waals surface area (Å²) in [4.78, 5) is 0.825. The number of hydrogen-bond acceptors (Lipinski definition) is 1. The standard InChI is InChI=1S/C14H10ClF3S/c1-19-12-5-3-2-4-9(12)14(15)13-10(17)6-8(16)7-11(13)18/h2-7,14H,1H3. The van der Waals surface area contributed by atoms with Crippen LogP contribution in [0.5, 0.6) is 0 Å². The van der Waals surface area contributed by atoms with Crippen LogP contribution in [0.1, 0.15) is 16.5 Å². The molecule has 0 bridgehead atoms. The number of benzene rings is 2. The predicted molar refractivity (Wildman–Crippen MR) is 72.2 cm³/mol. The van der Waals surface area contributed by atoms with Crippen LogP contribution in [0.3, 0.4) is 0 Å². The molecule has 0 saturated carbocycles. The van der Waals surface area contributed by atoms with Crippen molar-refractivity contribution < 1.29 is 13.2 Å². The SMILES string of the molecule is CSc1ccccc1C(Cl)c1c(F)cc(F)cc1F. The van der Waals surface area contributed by atoms with E-state index in [-0.39, 0.29) is 5.56 Å². The minimum absolute atomic E-state index is 0.329. The fourth-order valence-corrected chi connectivity index (χ4v) is 2.93. The highest BCUT2D eigenvalue weighted by Crippen LogP contribution is 2.37. The van der Waals surface area contributed by atoms with Crippen LogP contribution in [-0.4, -0.2) is 6.26 Å². The maximum atomic E-state index is 13.7. The molecule has 0 amide bonds. The fourth-order valence-electron chi connectivity index (χ4n) is 1.83. The molecule has 0 fully saturated rings. The van der Waals surface area contributed by atoms with Crippen molar-refractivity contribution in [3.05, 3.63) is 65.0 Å². The normalized spacial score (nSPS) is 12.5. The van der Waals surface area contributed by atoms with E-state index in [0.29, 0.717) is 17.7 Å². The van der Waals surface area contributed by atoms with Gasteiger partial charge in [0, 0.05) is 22.6 Å². The summed E-state index contributed by atoms with van der Waals surface area (Å²) < 4.78 is 40.3. The van der Waals surface area contributed by atoms with E-state index in [0.717, 1.165) is 4.90 Å². The molecule has 2 aromatic rings. The van der Waals surface area contributed by atoms with E-state index in [2.05, 4.69) is 0 Å². The third-order valence-electron chi connectivity index (χ3n) is 2.71. The van der Waals surface area contributed by atoms with Gasteiger partial charge in [0.1, 0.15) is 17.5 Å². The van der Waals surface area contributed by atoms with Gasteiger partial charge in [0.15, 0.2) is 0 Å². The van der Waals surface area contributed by atoms with E-state index in [1.807, 2.05) is 18.4 Å². The Morgan fingerprint density at radius 1 is 1.05 bits per heavy atom. The van der Waals surface area contributed by atoms with E-state index >= 15 is 0 Å². The van der Waals surface area contributed by atoms with Crippen molar-refractivity contribution in [2.75, 3.05) is 6.26 Å².